The van der Waals surface area contributed by atoms with Gasteiger partial charge in [-0.15, -0.1) is 0 Å². The number of oxazole rings is 1. The molecule has 0 unspecified atom stereocenters. The summed E-state index contributed by atoms with van der Waals surface area (Å²) in [6.45, 7) is 0. The molecule has 0 amide bonds. The molecule has 2 aromatic carbocycles. The molecule has 3 rings (SSSR count). The number of hydrogen-bond donors (Lipinski definition) is 2. The van der Waals surface area contributed by atoms with Crippen molar-refractivity contribution in [1.82, 2.24) is 4.98 Å². The highest BCUT2D eigenvalue weighted by Crippen LogP contribution is 2.27. The number of nitrogens with zero attached hydrogens (tertiary/aromatic N) is 1. The summed E-state index contributed by atoms with van der Waals surface area (Å²) in [5, 5.41) is 18.5. The molecule has 0 radical (unpaired) electrons. The summed E-state index contributed by atoms with van der Waals surface area (Å²) in [6.07, 6.45) is 0. The van der Waals surface area contributed by atoms with E-state index in [1.54, 1.807) is 42.5 Å². The molecule has 4 nitrogen and oxygen atoms in total. The lowest BCUT2D eigenvalue weighted by molar-refractivity contribution is 0.475. The summed E-state index contributed by atoms with van der Waals surface area (Å²) < 4.78 is 5.55. The first-order chi connectivity index (χ1) is 8.22. The second-order valence-electron chi connectivity index (χ2n) is 3.72. The highest BCUT2D eigenvalue weighted by Gasteiger charge is 2.08. The fourth-order valence-electron chi connectivity index (χ4n) is 1.64. The van der Waals surface area contributed by atoms with Crippen LogP contribution < -0.4 is 0 Å². The van der Waals surface area contributed by atoms with Crippen LogP contribution >= 0.6 is 0 Å². The van der Waals surface area contributed by atoms with E-state index in [1.807, 2.05) is 0 Å². The monoisotopic (exact) mass is 227 g/mol. The molecule has 0 spiro atoms. The fraction of sp³-hybridized carbons (Fsp3) is 0. The maximum atomic E-state index is 9.33. The zero-order valence-electron chi connectivity index (χ0n) is 8.79. The van der Waals surface area contributed by atoms with Gasteiger partial charge in [-0.25, -0.2) is 4.98 Å². The van der Waals surface area contributed by atoms with Crippen molar-refractivity contribution in [3.8, 4) is 23.0 Å². The minimum atomic E-state index is 0.156. The van der Waals surface area contributed by atoms with E-state index in [2.05, 4.69) is 4.98 Å². The van der Waals surface area contributed by atoms with Crippen molar-refractivity contribution < 1.29 is 14.6 Å². The molecule has 3 aromatic rings. The molecule has 1 aromatic heterocycles. The first-order valence-corrected chi connectivity index (χ1v) is 5.11. The standard InChI is InChI=1S/C13H9NO3/c15-9-3-1-8(2-4-9)13-14-11-7-10(16)5-6-12(11)17-13/h1-7,15-16H. The number of phenols is 2. The van der Waals surface area contributed by atoms with Crippen LogP contribution in [-0.2, 0) is 0 Å². The average Bonchev–Trinajstić information content (AvgIpc) is 2.72. The summed E-state index contributed by atoms with van der Waals surface area (Å²) in [7, 11) is 0. The maximum absolute atomic E-state index is 9.33. The third-order valence-electron chi connectivity index (χ3n) is 2.49. The van der Waals surface area contributed by atoms with Gasteiger partial charge in [0.05, 0.1) is 0 Å². The predicted octanol–water partition coefficient (Wildman–Crippen LogP) is 2.91. The number of fused-ring (bicyclic) bond motifs is 1. The highest BCUT2D eigenvalue weighted by molar-refractivity contribution is 5.77. The molecule has 0 aliphatic carbocycles. The van der Waals surface area contributed by atoms with Gasteiger partial charge in [-0.2, -0.15) is 0 Å². The fourth-order valence-corrected chi connectivity index (χ4v) is 1.64. The summed E-state index contributed by atoms with van der Waals surface area (Å²) >= 11 is 0. The Bertz CT molecular complexity index is 671. The lowest BCUT2D eigenvalue weighted by Gasteiger charge is -1.94. The number of aromatic nitrogens is 1. The van der Waals surface area contributed by atoms with Crippen molar-refractivity contribution in [3.05, 3.63) is 42.5 Å². The Hall–Kier alpha value is -2.49. The summed E-state index contributed by atoms with van der Waals surface area (Å²) in [5.74, 6) is 0.816. The Labute approximate surface area is 96.8 Å². The Kier molecular flexibility index (Phi) is 2.01. The van der Waals surface area contributed by atoms with Gasteiger partial charge in [0.25, 0.3) is 0 Å². The molecule has 4 heteroatoms. The van der Waals surface area contributed by atoms with Crippen LogP contribution in [0.15, 0.2) is 46.9 Å². The van der Waals surface area contributed by atoms with Gasteiger partial charge in [-0.3, -0.25) is 0 Å². The number of phenolic OH excluding ortho intramolecular Hbond substituents is 2. The van der Waals surface area contributed by atoms with Gasteiger partial charge in [0, 0.05) is 11.6 Å². The van der Waals surface area contributed by atoms with Crippen LogP contribution in [0.25, 0.3) is 22.6 Å². The van der Waals surface area contributed by atoms with Crippen molar-refractivity contribution in [3.63, 3.8) is 0 Å². The van der Waals surface area contributed by atoms with Crippen LogP contribution in [0.5, 0.6) is 11.5 Å². The summed E-state index contributed by atoms with van der Waals surface area (Å²) in [6, 6.07) is 11.3. The second-order valence-corrected chi connectivity index (χ2v) is 3.72. The SMILES string of the molecule is Oc1ccc(-c2nc3cc(O)ccc3o2)cc1. The Morgan fingerprint density at radius 2 is 1.59 bits per heavy atom. The minimum Gasteiger partial charge on any atom is -0.508 e. The molecule has 0 fully saturated rings. The van der Waals surface area contributed by atoms with Crippen LogP contribution in [0.3, 0.4) is 0 Å². The molecule has 0 atom stereocenters. The number of aromatic hydroxyl groups is 2. The van der Waals surface area contributed by atoms with Crippen molar-refractivity contribution in [2.75, 3.05) is 0 Å². The molecule has 0 saturated carbocycles. The van der Waals surface area contributed by atoms with Crippen molar-refractivity contribution in [1.29, 1.82) is 0 Å². The van der Waals surface area contributed by atoms with E-state index in [1.165, 1.54) is 0 Å². The van der Waals surface area contributed by atoms with Crippen LogP contribution in [0.2, 0.25) is 0 Å². The molecule has 17 heavy (non-hydrogen) atoms. The Balaban J connectivity index is 2.14. The number of rotatable bonds is 1. The maximum Gasteiger partial charge on any atom is 0.227 e. The van der Waals surface area contributed by atoms with E-state index in [-0.39, 0.29) is 11.5 Å². The highest BCUT2D eigenvalue weighted by atomic mass is 16.3. The zero-order chi connectivity index (χ0) is 11.8. The van der Waals surface area contributed by atoms with Gasteiger partial charge in [0.15, 0.2) is 5.58 Å². The van der Waals surface area contributed by atoms with Crippen LogP contribution in [0.1, 0.15) is 0 Å². The van der Waals surface area contributed by atoms with E-state index in [0.717, 1.165) is 5.56 Å². The lowest BCUT2D eigenvalue weighted by Crippen LogP contribution is -1.75. The van der Waals surface area contributed by atoms with Crippen molar-refractivity contribution in [2.24, 2.45) is 0 Å². The molecular formula is C13H9NO3. The summed E-state index contributed by atoms with van der Waals surface area (Å²) in [5.41, 5.74) is 2.00. The van der Waals surface area contributed by atoms with Crippen molar-refractivity contribution >= 4 is 11.1 Å². The lowest BCUT2D eigenvalue weighted by atomic mass is 10.2. The Morgan fingerprint density at radius 3 is 2.35 bits per heavy atom. The van der Waals surface area contributed by atoms with E-state index >= 15 is 0 Å². The zero-order valence-corrected chi connectivity index (χ0v) is 8.79. The topological polar surface area (TPSA) is 66.5 Å². The summed E-state index contributed by atoms with van der Waals surface area (Å²) in [4.78, 5) is 4.27. The van der Waals surface area contributed by atoms with E-state index in [9.17, 15) is 10.2 Å². The largest absolute Gasteiger partial charge is 0.508 e. The molecule has 0 bridgehead atoms. The van der Waals surface area contributed by atoms with Crippen LogP contribution in [-0.4, -0.2) is 15.2 Å². The van der Waals surface area contributed by atoms with Gasteiger partial charge in [-0.1, -0.05) is 0 Å². The Morgan fingerprint density at radius 1 is 0.882 bits per heavy atom. The number of benzene rings is 2. The van der Waals surface area contributed by atoms with Gasteiger partial charge >= 0.3 is 0 Å². The molecule has 84 valence electrons. The van der Waals surface area contributed by atoms with E-state index < -0.39 is 0 Å². The second kappa shape index (κ2) is 3.52. The van der Waals surface area contributed by atoms with Crippen LogP contribution in [0.4, 0.5) is 0 Å². The van der Waals surface area contributed by atoms with Crippen molar-refractivity contribution in [2.45, 2.75) is 0 Å². The number of hydrogen-bond acceptors (Lipinski definition) is 4. The molecule has 1 heterocycles. The van der Waals surface area contributed by atoms with E-state index in [0.29, 0.717) is 17.0 Å². The third-order valence-corrected chi connectivity index (χ3v) is 2.49. The average molecular weight is 227 g/mol. The third kappa shape index (κ3) is 1.69. The smallest absolute Gasteiger partial charge is 0.227 e. The molecular weight excluding hydrogens is 218 g/mol. The van der Waals surface area contributed by atoms with Gasteiger partial charge in [0.2, 0.25) is 5.89 Å². The molecule has 0 saturated heterocycles. The van der Waals surface area contributed by atoms with Gasteiger partial charge in [0.1, 0.15) is 17.0 Å². The molecule has 2 N–H and O–H groups in total. The van der Waals surface area contributed by atoms with Gasteiger partial charge in [-0.05, 0) is 36.4 Å². The molecule has 0 aliphatic rings. The van der Waals surface area contributed by atoms with Gasteiger partial charge < -0.3 is 14.6 Å². The van der Waals surface area contributed by atoms with E-state index in [4.69, 9.17) is 4.42 Å². The quantitative estimate of drug-likeness (QED) is 0.670. The first-order valence-electron chi connectivity index (χ1n) is 5.11. The van der Waals surface area contributed by atoms with Crippen LogP contribution in [0, 0.1) is 0 Å². The normalized spacial score (nSPS) is 10.8. The minimum absolute atomic E-state index is 0.156. The predicted molar refractivity (Wildman–Crippen MR) is 62.8 cm³/mol. The first kappa shape index (κ1) is 9.72. The molecule has 0 aliphatic heterocycles.